The second kappa shape index (κ2) is 9.96. The highest BCUT2D eigenvalue weighted by molar-refractivity contribution is 5.73. The van der Waals surface area contributed by atoms with Gasteiger partial charge in [0.25, 0.3) is 0 Å². The average Bonchev–Trinajstić information content (AvgIpc) is 3.42. The van der Waals surface area contributed by atoms with Gasteiger partial charge in [-0.2, -0.15) is 13.2 Å². The average molecular weight is 457 g/mol. The third-order valence-corrected chi connectivity index (χ3v) is 4.81. The lowest BCUT2D eigenvalue weighted by molar-refractivity contribution is -0.192. The largest absolute Gasteiger partial charge is 0.490 e. The molecule has 0 saturated carbocycles. The van der Waals surface area contributed by atoms with E-state index in [1.807, 2.05) is 24.6 Å². The van der Waals surface area contributed by atoms with Gasteiger partial charge in [-0.15, -0.1) is 5.10 Å². The zero-order chi connectivity index (χ0) is 23.3. The third kappa shape index (κ3) is 5.73. The summed E-state index contributed by atoms with van der Waals surface area (Å²) in [6.07, 6.45) is -1.77. The molecule has 174 valence electrons. The van der Waals surface area contributed by atoms with Gasteiger partial charge in [-0.1, -0.05) is 10.4 Å². The summed E-state index contributed by atoms with van der Waals surface area (Å²) < 4.78 is 49.9. The van der Waals surface area contributed by atoms with Crippen molar-refractivity contribution in [3.8, 4) is 11.3 Å². The minimum Gasteiger partial charge on any atom is -0.475 e. The molecule has 0 aromatic carbocycles. The number of aliphatic carboxylic acids is 1. The van der Waals surface area contributed by atoms with Gasteiger partial charge in [-0.25, -0.2) is 9.48 Å². The van der Waals surface area contributed by atoms with Crippen LogP contribution in [-0.2, 0) is 29.2 Å². The minimum atomic E-state index is -5.08. The highest BCUT2D eigenvalue weighted by Gasteiger charge is 2.38. The predicted octanol–water partition coefficient (Wildman–Crippen LogP) is 2.71. The van der Waals surface area contributed by atoms with Crippen molar-refractivity contribution in [1.29, 1.82) is 0 Å². The summed E-state index contributed by atoms with van der Waals surface area (Å²) in [5.41, 5.74) is 4.82. The van der Waals surface area contributed by atoms with Gasteiger partial charge >= 0.3 is 12.1 Å². The van der Waals surface area contributed by atoms with Crippen LogP contribution in [-0.4, -0.2) is 50.6 Å². The van der Waals surface area contributed by atoms with E-state index in [0.717, 1.165) is 53.6 Å². The van der Waals surface area contributed by atoms with E-state index in [0.29, 0.717) is 19.1 Å². The molecule has 2 N–H and O–H groups in total. The van der Waals surface area contributed by atoms with Crippen LogP contribution in [0.1, 0.15) is 22.7 Å². The maximum Gasteiger partial charge on any atom is 0.490 e. The van der Waals surface area contributed by atoms with Crippen molar-refractivity contribution in [2.24, 2.45) is 5.92 Å². The normalized spacial score (nSPS) is 16.1. The molecular formula is C19H22F3N5O5. The fourth-order valence-electron chi connectivity index (χ4n) is 3.14. The number of hydrogen-bond donors (Lipinski definition) is 2. The molecule has 0 saturated heterocycles. The van der Waals surface area contributed by atoms with Gasteiger partial charge in [-0.05, 0) is 19.9 Å². The van der Waals surface area contributed by atoms with Gasteiger partial charge in [0.15, 0.2) is 0 Å². The number of carboxylic acids is 1. The van der Waals surface area contributed by atoms with E-state index >= 15 is 0 Å². The smallest absolute Gasteiger partial charge is 0.475 e. The van der Waals surface area contributed by atoms with Gasteiger partial charge in [0.2, 0.25) is 0 Å². The first-order valence-corrected chi connectivity index (χ1v) is 9.62. The first-order chi connectivity index (χ1) is 15.2. The molecule has 1 unspecified atom stereocenters. The van der Waals surface area contributed by atoms with Crippen molar-refractivity contribution in [3.05, 3.63) is 41.3 Å². The van der Waals surface area contributed by atoms with Crippen LogP contribution in [0.5, 0.6) is 0 Å². The monoisotopic (exact) mass is 457 g/mol. The van der Waals surface area contributed by atoms with E-state index in [1.54, 1.807) is 12.5 Å². The Morgan fingerprint density at radius 3 is 2.72 bits per heavy atom. The van der Waals surface area contributed by atoms with Gasteiger partial charge in [0, 0.05) is 36.7 Å². The third-order valence-electron chi connectivity index (χ3n) is 4.81. The first kappa shape index (κ1) is 23.5. The van der Waals surface area contributed by atoms with E-state index in [9.17, 15) is 13.2 Å². The topological polar surface area (TPSA) is 128 Å². The van der Waals surface area contributed by atoms with Crippen molar-refractivity contribution in [3.63, 3.8) is 0 Å². The lowest BCUT2D eigenvalue weighted by Gasteiger charge is -2.14. The van der Waals surface area contributed by atoms with E-state index in [4.69, 9.17) is 23.6 Å². The Labute approximate surface area is 180 Å². The fourth-order valence-corrected chi connectivity index (χ4v) is 3.14. The van der Waals surface area contributed by atoms with E-state index in [-0.39, 0.29) is 0 Å². The Balaban J connectivity index is 0.000000360. The molecule has 1 aliphatic heterocycles. The zero-order valence-electron chi connectivity index (χ0n) is 17.3. The van der Waals surface area contributed by atoms with E-state index < -0.39 is 12.1 Å². The molecule has 0 fully saturated rings. The predicted molar refractivity (Wildman–Crippen MR) is 102 cm³/mol. The van der Waals surface area contributed by atoms with Crippen molar-refractivity contribution < 1.29 is 36.7 Å². The number of alkyl halides is 3. The number of ether oxygens (including phenoxy) is 1. The summed E-state index contributed by atoms with van der Waals surface area (Å²) >= 11 is 0. The van der Waals surface area contributed by atoms with Gasteiger partial charge in [0.05, 0.1) is 37.1 Å². The molecule has 0 bridgehead atoms. The Hall–Kier alpha value is -3.19. The minimum absolute atomic E-state index is 0.320. The molecule has 1 atom stereocenters. The summed E-state index contributed by atoms with van der Waals surface area (Å²) in [7, 11) is 0. The second-order valence-corrected chi connectivity index (χ2v) is 7.20. The lowest BCUT2D eigenvalue weighted by atomic mass is 10.1. The second-order valence-electron chi connectivity index (χ2n) is 7.20. The fraction of sp³-hybridized carbons (Fsp3) is 0.474. The van der Waals surface area contributed by atoms with Gasteiger partial charge < -0.3 is 24.1 Å². The molecule has 3 aromatic rings. The highest BCUT2D eigenvalue weighted by Crippen LogP contribution is 2.24. The molecule has 0 radical (unpaired) electrons. The maximum atomic E-state index is 10.6. The molecule has 3 aromatic heterocycles. The van der Waals surface area contributed by atoms with Crippen LogP contribution < -0.4 is 5.32 Å². The Morgan fingerprint density at radius 1 is 1.38 bits per heavy atom. The van der Waals surface area contributed by atoms with Crippen LogP contribution >= 0.6 is 0 Å². The van der Waals surface area contributed by atoms with Crippen LogP contribution in [0, 0.1) is 19.8 Å². The Morgan fingerprint density at radius 2 is 2.12 bits per heavy atom. The van der Waals surface area contributed by atoms with Crippen molar-refractivity contribution in [2.45, 2.75) is 39.7 Å². The molecule has 0 spiro atoms. The van der Waals surface area contributed by atoms with Crippen LogP contribution in [0.15, 0.2) is 27.5 Å². The van der Waals surface area contributed by atoms with Crippen LogP contribution in [0.25, 0.3) is 11.3 Å². The number of hydrogen-bond acceptors (Lipinski definition) is 8. The summed E-state index contributed by atoms with van der Waals surface area (Å²) in [6.45, 7) is 7.42. The number of carbonyl (C=O) groups is 1. The molecule has 13 heteroatoms. The number of aryl methyl sites for hydroxylation is 2. The number of rotatable bonds is 5. The number of aromatic nitrogens is 4. The van der Waals surface area contributed by atoms with Crippen LogP contribution in [0.2, 0.25) is 0 Å². The van der Waals surface area contributed by atoms with E-state index in [2.05, 4.69) is 20.8 Å². The maximum absolute atomic E-state index is 10.6. The van der Waals surface area contributed by atoms with Gasteiger partial charge in [-0.3, -0.25) is 0 Å². The van der Waals surface area contributed by atoms with Crippen molar-refractivity contribution in [2.75, 3.05) is 13.2 Å². The van der Waals surface area contributed by atoms with Crippen LogP contribution in [0.3, 0.4) is 0 Å². The van der Waals surface area contributed by atoms with Crippen molar-refractivity contribution >= 4 is 5.97 Å². The standard InChI is InChI=1S/C17H21N5O3.C2HF3O2/c1-11-15(12(2)25-20-11)6-18-5-13-7-22-16(10-24-8-13)17(19-21-22)14-3-4-23-9-14;3-2(4,5)1(6)7/h3-4,9,13,18H,5-8,10H2,1-2H3;(H,6,7). The number of furan rings is 1. The SMILES string of the molecule is Cc1noc(C)c1CNCC1COCc2c(-c3ccoc3)nnn2C1.O=C(O)C(F)(F)F. The Bertz CT molecular complexity index is 1010. The summed E-state index contributed by atoms with van der Waals surface area (Å²) in [6, 6.07) is 1.89. The molecule has 0 amide bonds. The number of carboxylic acid groups (broad SMARTS) is 1. The first-order valence-electron chi connectivity index (χ1n) is 9.62. The number of nitrogens with one attached hydrogen (secondary N) is 1. The molecule has 1 aliphatic rings. The molecule has 32 heavy (non-hydrogen) atoms. The van der Waals surface area contributed by atoms with Crippen LogP contribution in [0.4, 0.5) is 13.2 Å². The summed E-state index contributed by atoms with van der Waals surface area (Å²) in [4.78, 5) is 8.90. The summed E-state index contributed by atoms with van der Waals surface area (Å²) in [5.74, 6) is -1.57. The molecule has 4 rings (SSSR count). The number of nitrogens with zero attached hydrogens (tertiary/aromatic N) is 4. The molecule has 0 aliphatic carbocycles. The quantitative estimate of drug-likeness (QED) is 0.594. The van der Waals surface area contributed by atoms with Crippen molar-refractivity contribution in [1.82, 2.24) is 25.5 Å². The molecular weight excluding hydrogens is 435 g/mol. The number of halogens is 3. The molecule has 4 heterocycles. The van der Waals surface area contributed by atoms with Gasteiger partial charge in [0.1, 0.15) is 11.5 Å². The Kier molecular flexibility index (Phi) is 7.30. The lowest BCUT2D eigenvalue weighted by Crippen LogP contribution is -2.28. The van der Waals surface area contributed by atoms with E-state index in [1.165, 1.54) is 0 Å². The molecule has 10 nitrogen and oxygen atoms in total. The number of fused-ring (bicyclic) bond motifs is 1. The highest BCUT2D eigenvalue weighted by atomic mass is 19.4. The summed E-state index contributed by atoms with van der Waals surface area (Å²) in [5, 5.41) is 23.2. The zero-order valence-corrected chi connectivity index (χ0v) is 17.3.